The van der Waals surface area contributed by atoms with Crippen LogP contribution in [0.5, 0.6) is 0 Å². The molecule has 6 rings (SSSR count). The van der Waals surface area contributed by atoms with E-state index in [0.717, 1.165) is 51.0 Å². The molecule has 0 N–H and O–H groups in total. The molecule has 1 radical (unpaired) electrons. The minimum Gasteiger partial charge on any atom is -0.486 e. The molecule has 4 heterocycles. The number of hydrogen-bond acceptors (Lipinski definition) is 4. The van der Waals surface area contributed by atoms with Crippen molar-refractivity contribution in [2.24, 2.45) is 11.8 Å². The van der Waals surface area contributed by atoms with Crippen molar-refractivity contribution in [2.45, 2.75) is 92.8 Å². The van der Waals surface area contributed by atoms with Gasteiger partial charge in [-0.15, -0.1) is 59.7 Å². The van der Waals surface area contributed by atoms with Gasteiger partial charge in [-0.25, -0.2) is 4.98 Å². The first-order valence-electron chi connectivity index (χ1n) is 17.3. The van der Waals surface area contributed by atoms with Crippen molar-refractivity contribution in [3.63, 3.8) is 0 Å². The minimum atomic E-state index is -1.34. The largest absolute Gasteiger partial charge is 0.486 e. The molecule has 6 heteroatoms. The second-order valence-electron chi connectivity index (χ2n) is 15.9. The van der Waals surface area contributed by atoms with Crippen LogP contribution >= 0.6 is 0 Å². The van der Waals surface area contributed by atoms with E-state index in [1.165, 1.54) is 16.3 Å². The number of benzene rings is 2. The number of pyridine rings is 3. The van der Waals surface area contributed by atoms with Crippen molar-refractivity contribution in [1.82, 2.24) is 15.0 Å². The zero-order chi connectivity index (χ0) is 34.8. The zero-order valence-corrected chi connectivity index (χ0v) is 34.4. The normalized spacial score (nSPS) is 12.6. The van der Waals surface area contributed by atoms with Gasteiger partial charge in [0.05, 0.1) is 13.7 Å². The van der Waals surface area contributed by atoms with E-state index < -0.39 is 8.07 Å². The molecule has 0 aliphatic heterocycles. The molecule has 0 saturated heterocycles. The quantitative estimate of drug-likeness (QED) is 0.119. The average Bonchev–Trinajstić information content (AvgIpc) is 3.41. The van der Waals surface area contributed by atoms with Crippen LogP contribution in [0.25, 0.3) is 44.6 Å². The molecule has 49 heavy (non-hydrogen) atoms. The summed E-state index contributed by atoms with van der Waals surface area (Å²) in [5.74, 6) is 1.74. The second-order valence-corrected chi connectivity index (χ2v) is 20.9. The molecule has 6 aromatic rings. The fourth-order valence-electron chi connectivity index (χ4n) is 5.91. The fourth-order valence-corrected chi connectivity index (χ4v) is 7.50. The van der Waals surface area contributed by atoms with Crippen molar-refractivity contribution >= 4 is 35.3 Å². The maximum absolute atomic E-state index is 6.01. The van der Waals surface area contributed by atoms with E-state index in [1.54, 1.807) is 0 Å². The molecule has 0 amide bonds. The summed E-state index contributed by atoms with van der Waals surface area (Å²) in [6.07, 6.45) is 5.13. The smallest absolute Gasteiger partial charge is 0.216 e. The van der Waals surface area contributed by atoms with E-state index in [-0.39, 0.29) is 25.5 Å². The number of fused-ring (bicyclic) bond motifs is 3. The van der Waals surface area contributed by atoms with Crippen molar-refractivity contribution in [2.75, 3.05) is 0 Å². The number of aromatic nitrogens is 3. The van der Waals surface area contributed by atoms with Crippen LogP contribution in [0.4, 0.5) is 0 Å². The first-order valence-corrected chi connectivity index (χ1v) is 20.8. The van der Waals surface area contributed by atoms with Crippen LogP contribution in [0.2, 0.25) is 19.6 Å². The number of hydrogen-bond donors (Lipinski definition) is 0. The molecule has 4 nitrogen and oxygen atoms in total. The standard InChI is InChI=1S/C25H27N2O.C18H24NSi.Ir/c1-15(2)16(3)17-11-12-26-21(14-17)18-7-9-22-20(13-18)19-8-10-23(25(4,5)6)27-24(19)28-22;1-14(2)11-16-12-17(15-9-7-6-8-10-15)19-13-18(16)20(3,4)5;/h8-16H,1-6H3;6-9,12-14H,11H2,1-5H3;/q2*-1;. The summed E-state index contributed by atoms with van der Waals surface area (Å²) in [6, 6.07) is 29.5. The minimum absolute atomic E-state index is 0. The third-order valence-electron chi connectivity index (χ3n) is 9.03. The van der Waals surface area contributed by atoms with Gasteiger partial charge in [0.25, 0.3) is 0 Å². The van der Waals surface area contributed by atoms with Crippen LogP contribution in [0.15, 0.2) is 83.5 Å². The molecule has 0 saturated carbocycles. The van der Waals surface area contributed by atoms with E-state index >= 15 is 0 Å². The Labute approximate surface area is 308 Å². The van der Waals surface area contributed by atoms with Gasteiger partial charge in [-0.3, -0.25) is 0 Å². The fraction of sp³-hybridized carbons (Fsp3) is 0.372. The predicted octanol–water partition coefficient (Wildman–Crippen LogP) is 11.2. The Morgan fingerprint density at radius 1 is 0.816 bits per heavy atom. The van der Waals surface area contributed by atoms with Crippen LogP contribution in [0.1, 0.15) is 78.1 Å². The predicted molar refractivity (Wildman–Crippen MR) is 206 cm³/mol. The first kappa shape index (κ1) is 38.4. The molecule has 1 atom stereocenters. The molecular weight excluding hydrogens is 795 g/mol. The third kappa shape index (κ3) is 9.22. The zero-order valence-electron chi connectivity index (χ0n) is 31.0. The summed E-state index contributed by atoms with van der Waals surface area (Å²) in [4.78, 5) is 14.0. The monoisotopic (exact) mass is 846 g/mol. The second kappa shape index (κ2) is 15.6. The van der Waals surface area contributed by atoms with Gasteiger partial charge in [-0.05, 0) is 58.9 Å². The van der Waals surface area contributed by atoms with Crippen LogP contribution in [0.3, 0.4) is 0 Å². The Morgan fingerprint density at radius 2 is 1.55 bits per heavy atom. The van der Waals surface area contributed by atoms with Crippen LogP contribution in [0, 0.1) is 24.0 Å². The Balaban J connectivity index is 0.000000229. The Bertz CT molecular complexity index is 2000. The number of furan rings is 1. The Hall–Kier alpha value is -3.44. The summed E-state index contributed by atoms with van der Waals surface area (Å²) < 4.78 is 6.01. The molecule has 259 valence electrons. The van der Waals surface area contributed by atoms with Crippen LogP contribution < -0.4 is 5.19 Å². The van der Waals surface area contributed by atoms with E-state index in [4.69, 9.17) is 9.40 Å². The molecule has 0 bridgehead atoms. The van der Waals surface area contributed by atoms with Gasteiger partial charge in [-0.2, -0.15) is 0 Å². The maximum Gasteiger partial charge on any atom is 0.216 e. The summed E-state index contributed by atoms with van der Waals surface area (Å²) in [6.45, 7) is 25.0. The molecule has 0 fully saturated rings. The van der Waals surface area contributed by atoms with Crippen molar-refractivity contribution in [1.29, 1.82) is 0 Å². The third-order valence-corrected chi connectivity index (χ3v) is 11.1. The first-order chi connectivity index (χ1) is 22.6. The SMILES string of the molecule is CC(C)C(C)c1ccnc(-c2[c-]cc3oc4nc(C(C)(C)C)ccc4c3c2)c1.CC(C)Cc1cc(-c2[c-]cccc2)ncc1[Si](C)(C)C.[Ir]. The van der Waals surface area contributed by atoms with Gasteiger partial charge in [0.15, 0.2) is 0 Å². The van der Waals surface area contributed by atoms with Crippen molar-refractivity contribution in [3.8, 4) is 22.5 Å². The van der Waals surface area contributed by atoms with E-state index in [9.17, 15) is 0 Å². The van der Waals surface area contributed by atoms with Crippen molar-refractivity contribution < 1.29 is 24.5 Å². The number of nitrogens with zero attached hydrogens (tertiary/aromatic N) is 3. The Kier molecular flexibility index (Phi) is 12.2. The average molecular weight is 846 g/mol. The molecule has 4 aromatic heterocycles. The molecule has 0 aliphatic carbocycles. The maximum atomic E-state index is 6.01. The summed E-state index contributed by atoms with van der Waals surface area (Å²) in [5, 5.41) is 3.58. The van der Waals surface area contributed by atoms with Gasteiger partial charge in [0.2, 0.25) is 5.71 Å². The summed E-state index contributed by atoms with van der Waals surface area (Å²) >= 11 is 0. The van der Waals surface area contributed by atoms with Gasteiger partial charge < -0.3 is 14.4 Å². The number of rotatable bonds is 7. The Morgan fingerprint density at radius 3 is 2.18 bits per heavy atom. The summed E-state index contributed by atoms with van der Waals surface area (Å²) in [7, 11) is -1.34. The van der Waals surface area contributed by atoms with Gasteiger partial charge in [0, 0.05) is 49.0 Å². The van der Waals surface area contributed by atoms with E-state index in [2.05, 4.69) is 146 Å². The molecular formula is C43H51IrN3OSi-2. The molecule has 0 spiro atoms. The van der Waals surface area contributed by atoms with Crippen molar-refractivity contribution in [3.05, 3.63) is 108 Å². The van der Waals surface area contributed by atoms with Gasteiger partial charge in [-0.1, -0.05) is 104 Å². The molecule has 1 unspecified atom stereocenters. The van der Waals surface area contributed by atoms with Crippen LogP contribution in [-0.2, 0) is 31.9 Å². The van der Waals surface area contributed by atoms with Gasteiger partial charge in [0.1, 0.15) is 0 Å². The van der Waals surface area contributed by atoms with E-state index in [1.807, 2.05) is 30.5 Å². The van der Waals surface area contributed by atoms with Gasteiger partial charge >= 0.3 is 0 Å². The molecule has 0 aliphatic rings. The summed E-state index contributed by atoms with van der Waals surface area (Å²) in [5.41, 5.74) is 9.34. The van der Waals surface area contributed by atoms with Crippen LogP contribution in [-0.4, -0.2) is 23.0 Å². The topological polar surface area (TPSA) is 51.8 Å². The van der Waals surface area contributed by atoms with E-state index in [0.29, 0.717) is 23.5 Å². The molecule has 2 aromatic carbocycles.